The first-order valence-electron chi connectivity index (χ1n) is 11.7. The van der Waals surface area contributed by atoms with E-state index in [1.54, 1.807) is 0 Å². The maximum absolute atomic E-state index is 12.7. The molecule has 1 N–H and O–H groups in total. The van der Waals surface area contributed by atoms with Crippen LogP contribution in [-0.2, 0) is 0 Å². The van der Waals surface area contributed by atoms with Crippen molar-refractivity contribution in [2.75, 3.05) is 26.2 Å². The molecule has 1 aromatic carbocycles. The van der Waals surface area contributed by atoms with Gasteiger partial charge in [0.15, 0.2) is 0 Å². The molecule has 0 bridgehead atoms. The van der Waals surface area contributed by atoms with Gasteiger partial charge in [0.25, 0.3) is 0 Å². The summed E-state index contributed by atoms with van der Waals surface area (Å²) in [6.45, 7) is 20.7. The predicted molar refractivity (Wildman–Crippen MR) is 133 cm³/mol. The van der Waals surface area contributed by atoms with Crippen LogP contribution in [0.2, 0.25) is 0 Å². The molecule has 0 spiro atoms. The summed E-state index contributed by atoms with van der Waals surface area (Å²) in [6, 6.07) is 10.8. The summed E-state index contributed by atoms with van der Waals surface area (Å²) in [5, 5.41) is 3.27. The van der Waals surface area contributed by atoms with Crippen LogP contribution in [0, 0.1) is 56.2 Å². The van der Waals surface area contributed by atoms with Crippen molar-refractivity contribution in [1.82, 2.24) is 10.2 Å². The smallest absolute Gasteiger partial charge is 0.457 e. The summed E-state index contributed by atoms with van der Waals surface area (Å²) < 4.78 is 36.3. The quantitative estimate of drug-likeness (QED) is 0.232. The van der Waals surface area contributed by atoms with Gasteiger partial charge in [-0.25, -0.2) is 8.78 Å². The molecule has 2 nitrogen and oxygen atoms in total. The monoisotopic (exact) mass is 692 g/mol. The third-order valence-corrected chi connectivity index (χ3v) is 4.50. The van der Waals surface area contributed by atoms with E-state index in [9.17, 15) is 13.2 Å². The van der Waals surface area contributed by atoms with Crippen LogP contribution in [0.3, 0.4) is 0 Å². The molecule has 1 heterocycles. The number of halogens is 3. The van der Waals surface area contributed by atoms with Crippen LogP contribution in [0.1, 0.15) is 66.4 Å². The summed E-state index contributed by atoms with van der Waals surface area (Å²) in [4.78, 5) is 2.17. The number of hydrogen-bond donors (Lipinski definition) is 1. The van der Waals surface area contributed by atoms with Crippen molar-refractivity contribution in [3.05, 3.63) is 66.0 Å². The Morgan fingerprint density at radius 1 is 1.21 bits per heavy atom. The van der Waals surface area contributed by atoms with E-state index in [4.69, 9.17) is 0 Å². The zero-order valence-corrected chi connectivity index (χ0v) is 25.9. The average molecular weight is 693 g/mol. The van der Waals surface area contributed by atoms with Gasteiger partial charge in [-0.15, -0.1) is 0 Å². The van der Waals surface area contributed by atoms with Crippen molar-refractivity contribution >= 4 is 0 Å². The number of nitrogens with one attached hydrogen (secondary N) is 1. The Balaban J connectivity index is -0.000000529. The molecule has 0 aliphatic carbocycles. The van der Waals surface area contributed by atoms with Crippen molar-refractivity contribution in [1.29, 1.82) is 0 Å². The van der Waals surface area contributed by atoms with Crippen molar-refractivity contribution in [2.45, 2.75) is 74.2 Å². The van der Waals surface area contributed by atoms with Crippen molar-refractivity contribution in [3.63, 3.8) is 0 Å². The fourth-order valence-corrected chi connectivity index (χ4v) is 2.93. The molecule has 6 heteroatoms. The molecule has 0 radical (unpaired) electrons. The number of rotatable bonds is 7. The maximum Gasteiger partial charge on any atom is 2.00 e. The molecular weight excluding hydrogens is 647 g/mol. The van der Waals surface area contributed by atoms with Gasteiger partial charge in [0.05, 0.1) is 0 Å². The fraction of sp³-hybridized carbons (Fsp3) is 0.593. The molecule has 1 atom stereocenters. The van der Waals surface area contributed by atoms with E-state index in [2.05, 4.69) is 36.7 Å². The van der Waals surface area contributed by atoms with E-state index < -0.39 is 6.43 Å². The maximum atomic E-state index is 12.7. The minimum atomic E-state index is -2.28. The van der Waals surface area contributed by atoms with Crippen molar-refractivity contribution in [2.24, 2.45) is 5.92 Å². The Morgan fingerprint density at radius 2 is 1.70 bits per heavy atom. The molecule has 1 saturated heterocycles. The second-order valence-corrected chi connectivity index (χ2v) is 7.69. The molecular formula is C27H45F3N2U. The third kappa shape index (κ3) is 22.8. The fourth-order valence-electron chi connectivity index (χ4n) is 2.93. The van der Waals surface area contributed by atoms with E-state index in [0.29, 0.717) is 0 Å². The van der Waals surface area contributed by atoms with Crippen LogP contribution < -0.4 is 5.32 Å². The summed E-state index contributed by atoms with van der Waals surface area (Å²) in [6.07, 6.45) is 1.36. The third-order valence-electron chi connectivity index (χ3n) is 4.50. The Kier molecular flexibility index (Phi) is 27.3. The molecule has 0 amide bonds. The first-order valence-corrected chi connectivity index (χ1v) is 11.7. The van der Waals surface area contributed by atoms with Crippen LogP contribution >= 0.6 is 0 Å². The Labute approximate surface area is 225 Å². The van der Waals surface area contributed by atoms with Crippen LogP contribution in [0.25, 0.3) is 0 Å². The molecule has 1 aromatic rings. The summed E-state index contributed by atoms with van der Waals surface area (Å²) >= 11 is 0. The van der Waals surface area contributed by atoms with E-state index in [1.807, 2.05) is 51.1 Å². The zero-order valence-electron chi connectivity index (χ0n) is 21.8. The Bertz CT molecular complexity index is 584. The number of aryl methyl sites for hydroxylation is 1. The molecule has 1 aliphatic rings. The minimum absolute atomic E-state index is 0. The summed E-state index contributed by atoms with van der Waals surface area (Å²) in [5.41, 5.74) is 3.00. The number of nitrogens with zero attached hydrogens (tertiary/aromatic N) is 1. The molecule has 1 unspecified atom stereocenters. The molecule has 33 heavy (non-hydrogen) atoms. The number of piperazine rings is 1. The normalized spacial score (nSPS) is 13.9. The van der Waals surface area contributed by atoms with E-state index in [1.165, 1.54) is 19.4 Å². The minimum Gasteiger partial charge on any atom is -0.457 e. The van der Waals surface area contributed by atoms with Gasteiger partial charge < -0.3 is 14.6 Å². The van der Waals surface area contributed by atoms with Crippen LogP contribution in [0.15, 0.2) is 48.2 Å². The van der Waals surface area contributed by atoms with Gasteiger partial charge in [-0.05, 0) is 18.4 Å². The molecule has 1 fully saturated rings. The van der Waals surface area contributed by atoms with Crippen LogP contribution in [-0.4, -0.2) is 37.5 Å². The molecule has 1 aliphatic heterocycles. The number of allylic oxidation sites excluding steroid dienone is 2. The average Bonchev–Trinajstić information content (AvgIpc) is 2.76. The second-order valence-electron chi connectivity index (χ2n) is 7.69. The number of benzene rings is 1. The predicted octanol–water partition coefficient (Wildman–Crippen LogP) is 7.77. The van der Waals surface area contributed by atoms with Gasteiger partial charge >= 0.3 is 31.1 Å². The van der Waals surface area contributed by atoms with E-state index >= 15 is 0 Å². The van der Waals surface area contributed by atoms with Gasteiger partial charge in [0.2, 0.25) is 6.43 Å². The first-order chi connectivity index (χ1) is 15.2. The standard InChI is InChI=1S/C15H26F2N2.C7H7.C3H6F.C2H6.U/c1-4-5-12(2)14(11-15(16)17)10-13(3)19-8-6-18-7-9-19;1-7-5-3-2-4-6-7;1-3(2)4;1-2;/h10,12,15,18H,3-9,11H2,1-2H3;3-6H,1H3;1-2H3;1-2H3;/q;2*-1;;+2/b14-10-;;;;. The van der Waals surface area contributed by atoms with Crippen molar-refractivity contribution in [3.8, 4) is 0 Å². The van der Waals surface area contributed by atoms with Gasteiger partial charge in [0, 0.05) is 38.3 Å². The van der Waals surface area contributed by atoms with Gasteiger partial charge in [-0.1, -0.05) is 53.2 Å². The topological polar surface area (TPSA) is 15.3 Å². The summed E-state index contributed by atoms with van der Waals surface area (Å²) in [7, 11) is 0. The SMILES string of the molecule is C=C(/C=C(/CC(F)F)C(C)CCC)N1CCNCC1.CC.C[C-](C)F.Cc1cc[c-]cc1.[U+2]. The van der Waals surface area contributed by atoms with E-state index in [-0.39, 0.29) is 49.6 Å². The van der Waals surface area contributed by atoms with E-state index in [0.717, 1.165) is 50.3 Å². The molecule has 0 saturated carbocycles. The summed E-state index contributed by atoms with van der Waals surface area (Å²) in [5.74, 6) is 0.207. The van der Waals surface area contributed by atoms with Crippen LogP contribution in [0.5, 0.6) is 0 Å². The Morgan fingerprint density at radius 3 is 2.06 bits per heavy atom. The zero-order chi connectivity index (χ0) is 24.9. The number of hydrogen-bond acceptors (Lipinski definition) is 2. The largest absolute Gasteiger partial charge is 2.00 e. The van der Waals surface area contributed by atoms with Gasteiger partial charge in [-0.2, -0.15) is 55.9 Å². The number of alkyl halides is 2. The first kappa shape index (κ1) is 36.9. The van der Waals surface area contributed by atoms with Gasteiger partial charge in [-0.3, -0.25) is 0 Å². The van der Waals surface area contributed by atoms with Crippen LogP contribution in [0.4, 0.5) is 13.2 Å². The van der Waals surface area contributed by atoms with Crippen molar-refractivity contribution < 1.29 is 44.3 Å². The molecule has 188 valence electrons. The van der Waals surface area contributed by atoms with Gasteiger partial charge in [0.1, 0.15) is 0 Å². The second kappa shape index (κ2) is 24.4. The molecule has 0 aromatic heterocycles. The Hall–Kier alpha value is -0.698. The molecule has 2 rings (SSSR count).